The van der Waals surface area contributed by atoms with E-state index >= 15 is 0 Å². The molecular weight excluding hydrogens is 314 g/mol. The van der Waals surface area contributed by atoms with Crippen molar-refractivity contribution >= 4 is 23.2 Å². The van der Waals surface area contributed by atoms with Crippen molar-refractivity contribution in [2.24, 2.45) is 5.92 Å². The Labute approximate surface area is 138 Å². The molecule has 2 aromatic rings. The molecule has 0 saturated heterocycles. The second-order valence-corrected chi connectivity index (χ2v) is 6.79. The summed E-state index contributed by atoms with van der Waals surface area (Å²) in [6, 6.07) is 3.19. The van der Waals surface area contributed by atoms with E-state index in [0.29, 0.717) is 10.8 Å². The molecule has 2 heterocycles. The Morgan fingerprint density at radius 3 is 2.96 bits per heavy atom. The van der Waals surface area contributed by atoms with Crippen molar-refractivity contribution in [3.8, 4) is 0 Å². The quantitative estimate of drug-likeness (QED) is 0.827. The predicted molar refractivity (Wildman–Crippen MR) is 85.9 cm³/mol. The predicted octanol–water partition coefficient (Wildman–Crippen LogP) is 1.05. The molecule has 1 fully saturated rings. The van der Waals surface area contributed by atoms with Crippen LogP contribution >= 0.6 is 11.3 Å². The zero-order valence-corrected chi connectivity index (χ0v) is 13.6. The average Bonchev–Trinajstić information content (AvgIpc) is 3.18. The van der Waals surface area contributed by atoms with Crippen LogP contribution in [-0.4, -0.2) is 38.9 Å². The SMILES string of the molecule is CC(NC(=O)c1cccs1)C(=O)NC1CC(Cn2ccnn2)C1. The van der Waals surface area contributed by atoms with Gasteiger partial charge < -0.3 is 10.6 Å². The summed E-state index contributed by atoms with van der Waals surface area (Å²) in [5.41, 5.74) is 0. The first-order chi connectivity index (χ1) is 11.1. The minimum absolute atomic E-state index is 0.140. The highest BCUT2D eigenvalue weighted by atomic mass is 32.1. The third-order valence-electron chi connectivity index (χ3n) is 3.99. The van der Waals surface area contributed by atoms with Gasteiger partial charge in [-0.05, 0) is 37.1 Å². The summed E-state index contributed by atoms with van der Waals surface area (Å²) in [5.74, 6) is 0.164. The van der Waals surface area contributed by atoms with Gasteiger partial charge in [-0.3, -0.25) is 14.3 Å². The standard InChI is InChI=1S/C15H19N5O2S/c1-10(17-15(22)13-3-2-6-23-13)14(21)18-12-7-11(8-12)9-20-5-4-16-19-20/h2-6,10-12H,7-9H2,1H3,(H,17,22)(H,18,21). The van der Waals surface area contributed by atoms with E-state index in [0.717, 1.165) is 19.4 Å². The van der Waals surface area contributed by atoms with Crippen LogP contribution in [0.1, 0.15) is 29.4 Å². The fraction of sp³-hybridized carbons (Fsp3) is 0.467. The maximum absolute atomic E-state index is 12.1. The van der Waals surface area contributed by atoms with Crippen LogP contribution in [0.2, 0.25) is 0 Å². The van der Waals surface area contributed by atoms with Gasteiger partial charge in [0.1, 0.15) is 6.04 Å². The molecule has 2 amide bonds. The lowest BCUT2D eigenvalue weighted by molar-refractivity contribution is -0.124. The largest absolute Gasteiger partial charge is 0.352 e. The molecule has 0 aromatic carbocycles. The highest BCUT2D eigenvalue weighted by Crippen LogP contribution is 2.28. The van der Waals surface area contributed by atoms with E-state index in [1.54, 1.807) is 19.2 Å². The molecule has 1 aliphatic rings. The molecule has 0 aliphatic heterocycles. The first-order valence-electron chi connectivity index (χ1n) is 7.60. The molecule has 0 spiro atoms. The van der Waals surface area contributed by atoms with Crippen molar-refractivity contribution in [2.45, 2.75) is 38.4 Å². The Morgan fingerprint density at radius 2 is 2.30 bits per heavy atom. The molecule has 1 aliphatic carbocycles. The summed E-state index contributed by atoms with van der Waals surface area (Å²) < 4.78 is 1.81. The molecular formula is C15H19N5O2S. The summed E-state index contributed by atoms with van der Waals surface area (Å²) >= 11 is 1.36. The van der Waals surface area contributed by atoms with Gasteiger partial charge >= 0.3 is 0 Å². The fourth-order valence-corrected chi connectivity index (χ4v) is 3.29. The van der Waals surface area contributed by atoms with Crippen LogP contribution in [0.25, 0.3) is 0 Å². The lowest BCUT2D eigenvalue weighted by atomic mass is 9.80. The minimum atomic E-state index is -0.543. The van der Waals surface area contributed by atoms with Crippen molar-refractivity contribution < 1.29 is 9.59 Å². The summed E-state index contributed by atoms with van der Waals surface area (Å²) in [4.78, 5) is 24.7. The van der Waals surface area contributed by atoms with Gasteiger partial charge in [-0.2, -0.15) is 0 Å². The number of aromatic nitrogens is 3. The van der Waals surface area contributed by atoms with Crippen molar-refractivity contribution in [1.82, 2.24) is 25.6 Å². The number of hydrogen-bond acceptors (Lipinski definition) is 5. The van der Waals surface area contributed by atoms with Crippen LogP contribution in [0, 0.1) is 5.92 Å². The van der Waals surface area contributed by atoms with Gasteiger partial charge in [-0.25, -0.2) is 0 Å². The second-order valence-electron chi connectivity index (χ2n) is 5.84. The zero-order chi connectivity index (χ0) is 16.2. The van der Waals surface area contributed by atoms with Gasteiger partial charge in [0, 0.05) is 18.8 Å². The third kappa shape index (κ3) is 3.95. The van der Waals surface area contributed by atoms with Crippen LogP contribution in [0.4, 0.5) is 0 Å². The molecule has 23 heavy (non-hydrogen) atoms. The Balaban J connectivity index is 1.39. The zero-order valence-electron chi connectivity index (χ0n) is 12.8. The van der Waals surface area contributed by atoms with E-state index < -0.39 is 6.04 Å². The molecule has 0 radical (unpaired) electrons. The molecule has 1 saturated carbocycles. The highest BCUT2D eigenvalue weighted by Gasteiger charge is 2.31. The smallest absolute Gasteiger partial charge is 0.261 e. The van der Waals surface area contributed by atoms with E-state index in [9.17, 15) is 9.59 Å². The number of carbonyl (C=O) groups excluding carboxylic acids is 2. The molecule has 2 N–H and O–H groups in total. The Morgan fingerprint density at radius 1 is 1.48 bits per heavy atom. The number of nitrogens with zero attached hydrogens (tertiary/aromatic N) is 3. The van der Waals surface area contributed by atoms with E-state index in [-0.39, 0.29) is 17.9 Å². The molecule has 1 atom stereocenters. The minimum Gasteiger partial charge on any atom is -0.352 e. The molecule has 0 bridgehead atoms. The monoisotopic (exact) mass is 333 g/mol. The number of hydrogen-bond donors (Lipinski definition) is 2. The summed E-state index contributed by atoms with van der Waals surface area (Å²) in [7, 11) is 0. The summed E-state index contributed by atoms with van der Waals surface area (Å²) in [6.07, 6.45) is 5.36. The first kappa shape index (κ1) is 15.7. The number of amides is 2. The molecule has 8 heteroatoms. The molecule has 1 unspecified atom stereocenters. The number of carbonyl (C=O) groups is 2. The van der Waals surface area contributed by atoms with Crippen molar-refractivity contribution in [1.29, 1.82) is 0 Å². The second kappa shape index (κ2) is 6.91. The van der Waals surface area contributed by atoms with Gasteiger partial charge in [-0.1, -0.05) is 11.3 Å². The maximum atomic E-state index is 12.1. The van der Waals surface area contributed by atoms with Gasteiger partial charge in [0.2, 0.25) is 5.91 Å². The Hall–Kier alpha value is -2.22. The van der Waals surface area contributed by atoms with Gasteiger partial charge in [0.05, 0.1) is 11.1 Å². The van der Waals surface area contributed by atoms with Crippen molar-refractivity contribution in [3.63, 3.8) is 0 Å². The lowest BCUT2D eigenvalue weighted by Gasteiger charge is -2.36. The Kier molecular flexibility index (Phi) is 4.71. The molecule has 3 rings (SSSR count). The van der Waals surface area contributed by atoms with Crippen LogP contribution in [-0.2, 0) is 11.3 Å². The number of rotatable bonds is 6. The summed E-state index contributed by atoms with van der Waals surface area (Å²) in [6.45, 7) is 2.53. The molecule has 7 nitrogen and oxygen atoms in total. The highest BCUT2D eigenvalue weighted by molar-refractivity contribution is 7.12. The van der Waals surface area contributed by atoms with Gasteiger partial charge in [-0.15, -0.1) is 16.4 Å². The summed E-state index contributed by atoms with van der Waals surface area (Å²) in [5, 5.41) is 15.3. The number of thiophene rings is 1. The van der Waals surface area contributed by atoms with E-state index in [2.05, 4.69) is 20.9 Å². The van der Waals surface area contributed by atoms with Gasteiger partial charge in [0.25, 0.3) is 5.91 Å². The lowest BCUT2D eigenvalue weighted by Crippen LogP contribution is -2.52. The van der Waals surface area contributed by atoms with Crippen molar-refractivity contribution in [2.75, 3.05) is 0 Å². The van der Waals surface area contributed by atoms with E-state index in [1.807, 2.05) is 22.3 Å². The first-order valence-corrected chi connectivity index (χ1v) is 8.48. The average molecular weight is 333 g/mol. The molecule has 2 aromatic heterocycles. The Bertz CT molecular complexity index is 649. The van der Waals surface area contributed by atoms with Crippen molar-refractivity contribution in [3.05, 3.63) is 34.8 Å². The van der Waals surface area contributed by atoms with E-state index in [4.69, 9.17) is 0 Å². The van der Waals surface area contributed by atoms with Crippen LogP contribution < -0.4 is 10.6 Å². The van der Waals surface area contributed by atoms with Gasteiger partial charge in [0.15, 0.2) is 0 Å². The molecule has 122 valence electrons. The van der Waals surface area contributed by atoms with E-state index in [1.165, 1.54) is 11.3 Å². The van der Waals surface area contributed by atoms with Crippen LogP contribution in [0.15, 0.2) is 29.9 Å². The van der Waals surface area contributed by atoms with Crippen LogP contribution in [0.3, 0.4) is 0 Å². The topological polar surface area (TPSA) is 88.9 Å². The van der Waals surface area contributed by atoms with Crippen LogP contribution in [0.5, 0.6) is 0 Å². The number of nitrogens with one attached hydrogen (secondary N) is 2. The fourth-order valence-electron chi connectivity index (χ4n) is 2.66. The third-order valence-corrected chi connectivity index (χ3v) is 4.85. The maximum Gasteiger partial charge on any atom is 0.261 e. The normalized spacial score (nSPS) is 21.3.